The van der Waals surface area contributed by atoms with Crippen molar-refractivity contribution >= 4 is 70.7 Å². The highest BCUT2D eigenvalue weighted by molar-refractivity contribution is 6.24. The zero-order valence-corrected chi connectivity index (χ0v) is 32.0. The second kappa shape index (κ2) is 13.2. The van der Waals surface area contributed by atoms with E-state index in [1.54, 1.807) is 0 Å². The fourth-order valence-corrected chi connectivity index (χ4v) is 9.99. The van der Waals surface area contributed by atoms with Crippen LogP contribution in [0.5, 0.6) is 0 Å². The Balaban J connectivity index is 1.26. The molecule has 12 rings (SSSR count). The van der Waals surface area contributed by atoms with Gasteiger partial charge in [-0.15, -0.1) is 0 Å². The van der Waals surface area contributed by atoms with Crippen LogP contribution in [0, 0.1) is 0 Å². The fourth-order valence-electron chi connectivity index (χ4n) is 9.99. The molecule has 0 heteroatoms. The molecule has 0 saturated carbocycles. The molecule has 0 aromatic heterocycles. The molecule has 0 N–H and O–H groups in total. The van der Waals surface area contributed by atoms with Gasteiger partial charge in [0.2, 0.25) is 0 Å². The lowest BCUT2D eigenvalue weighted by molar-refractivity contribution is 0.992. The van der Waals surface area contributed by atoms with Crippen LogP contribution in [0.2, 0.25) is 0 Å². The van der Waals surface area contributed by atoms with Crippen LogP contribution in [0.4, 0.5) is 0 Å². The minimum atomic E-state index is 1.01. The van der Waals surface area contributed by atoms with E-state index in [4.69, 9.17) is 0 Å². The summed E-state index contributed by atoms with van der Waals surface area (Å²) < 4.78 is 0. The van der Waals surface area contributed by atoms with Gasteiger partial charge in [-0.2, -0.15) is 0 Å². The number of benzene rings is 11. The third-order valence-corrected chi connectivity index (χ3v) is 12.7. The van der Waals surface area contributed by atoms with Crippen LogP contribution in [-0.2, 0) is 6.42 Å². The summed E-state index contributed by atoms with van der Waals surface area (Å²) in [6.07, 6.45) is 6.78. The van der Waals surface area contributed by atoms with Crippen molar-refractivity contribution in [2.75, 3.05) is 0 Å². The molecular formula is C58H38. The molecule has 0 unspecified atom stereocenters. The van der Waals surface area contributed by atoms with Crippen molar-refractivity contribution in [3.05, 3.63) is 211 Å². The second-order valence-electron chi connectivity index (χ2n) is 15.9. The maximum Gasteiger partial charge on any atom is -0.00229 e. The lowest BCUT2D eigenvalue weighted by Gasteiger charge is -2.24. The predicted molar refractivity (Wildman–Crippen MR) is 251 cm³/mol. The number of allylic oxidation sites excluding steroid dienone is 1. The molecule has 0 heterocycles. The van der Waals surface area contributed by atoms with Gasteiger partial charge < -0.3 is 0 Å². The van der Waals surface area contributed by atoms with Gasteiger partial charge in [-0.1, -0.05) is 182 Å². The minimum absolute atomic E-state index is 1.01. The van der Waals surface area contributed by atoms with Crippen molar-refractivity contribution < 1.29 is 0 Å². The lowest BCUT2D eigenvalue weighted by atomic mass is 9.79. The fraction of sp³-hybridized carbons (Fsp3) is 0.0345. The topological polar surface area (TPSA) is 0 Å². The first kappa shape index (κ1) is 32.9. The van der Waals surface area contributed by atoms with Crippen LogP contribution in [-0.4, -0.2) is 0 Å². The van der Waals surface area contributed by atoms with Gasteiger partial charge in [0.25, 0.3) is 0 Å². The highest BCUT2D eigenvalue weighted by Crippen LogP contribution is 2.49. The zero-order valence-electron chi connectivity index (χ0n) is 32.0. The maximum absolute atomic E-state index is 2.50. The monoisotopic (exact) mass is 734 g/mol. The van der Waals surface area contributed by atoms with Gasteiger partial charge in [0.15, 0.2) is 0 Å². The molecule has 0 aliphatic heterocycles. The summed E-state index contributed by atoms with van der Waals surface area (Å²) in [5, 5.41) is 15.3. The number of rotatable bonds is 4. The first-order chi connectivity index (χ1) is 28.8. The Labute approximate surface area is 338 Å². The van der Waals surface area contributed by atoms with E-state index in [0.29, 0.717) is 0 Å². The van der Waals surface area contributed by atoms with Crippen molar-refractivity contribution in [2.45, 2.75) is 12.8 Å². The van der Waals surface area contributed by atoms with E-state index in [2.05, 4.69) is 206 Å². The van der Waals surface area contributed by atoms with Crippen molar-refractivity contribution in [3.63, 3.8) is 0 Å². The van der Waals surface area contributed by atoms with E-state index in [1.165, 1.54) is 120 Å². The van der Waals surface area contributed by atoms with E-state index in [9.17, 15) is 0 Å². The van der Waals surface area contributed by atoms with E-state index in [0.717, 1.165) is 12.8 Å². The molecule has 0 atom stereocenters. The van der Waals surface area contributed by atoms with Crippen LogP contribution in [0.15, 0.2) is 200 Å². The van der Waals surface area contributed by atoms with E-state index < -0.39 is 0 Å². The number of hydrogen-bond acceptors (Lipinski definition) is 0. The van der Waals surface area contributed by atoms with Crippen LogP contribution in [0.3, 0.4) is 0 Å². The summed E-state index contributed by atoms with van der Waals surface area (Å²) in [4.78, 5) is 0. The van der Waals surface area contributed by atoms with Gasteiger partial charge in [0.1, 0.15) is 0 Å². The molecule has 270 valence electrons. The average Bonchev–Trinajstić information content (AvgIpc) is 3.29. The van der Waals surface area contributed by atoms with Crippen LogP contribution in [0.1, 0.15) is 17.5 Å². The Morgan fingerprint density at radius 2 is 0.828 bits per heavy atom. The molecule has 0 bridgehead atoms. The standard InChI is InChI=1S/C58H38/c1-2-16-40-33-44(28-27-37(40)13-1)57-52-31-29-43(48-26-12-19-39-15-4-7-21-46(39)48)36-56(52)58(54-34-41-17-5-8-22-49(41)50-23-9-10-24-51(50)54)53-32-30-42(35-55(53)57)47-25-11-18-38-14-3-6-20-45(38)47/h1-9,11-23,25-36H,10,24H2. The summed E-state index contributed by atoms with van der Waals surface area (Å²) in [5.74, 6) is 0. The van der Waals surface area contributed by atoms with Gasteiger partial charge in [-0.05, 0) is 157 Å². The Hall–Kier alpha value is -7.28. The minimum Gasteiger partial charge on any atom is -0.0836 e. The first-order valence-electron chi connectivity index (χ1n) is 20.5. The molecular weight excluding hydrogens is 697 g/mol. The van der Waals surface area contributed by atoms with Gasteiger partial charge >= 0.3 is 0 Å². The molecule has 0 radical (unpaired) electrons. The smallest absolute Gasteiger partial charge is 0.00229 e. The highest BCUT2D eigenvalue weighted by atomic mass is 14.3. The first-order valence-corrected chi connectivity index (χ1v) is 20.5. The summed E-state index contributed by atoms with van der Waals surface area (Å²) in [6.45, 7) is 0. The van der Waals surface area contributed by atoms with Crippen LogP contribution < -0.4 is 0 Å². The normalized spacial score (nSPS) is 12.6. The summed E-state index contributed by atoms with van der Waals surface area (Å²) in [7, 11) is 0. The molecule has 58 heavy (non-hydrogen) atoms. The summed E-state index contributed by atoms with van der Waals surface area (Å²) in [5.41, 5.74) is 12.9. The SMILES string of the molecule is C1=Cc2c(c(-c3c4ccc(-c5cccc6ccccc56)cc4c(-c4ccc5ccccc5c4)c4ccc(-c5cccc6ccccc56)cc34)cc3ccccc23)CC1. The zero-order chi connectivity index (χ0) is 38.2. The molecule has 0 spiro atoms. The third kappa shape index (κ3) is 5.15. The van der Waals surface area contributed by atoms with Crippen molar-refractivity contribution in [3.8, 4) is 44.5 Å². The average molecular weight is 735 g/mol. The Morgan fingerprint density at radius 3 is 1.52 bits per heavy atom. The van der Waals surface area contributed by atoms with Gasteiger partial charge in [-0.25, -0.2) is 0 Å². The van der Waals surface area contributed by atoms with Gasteiger partial charge in [0, 0.05) is 0 Å². The molecule has 0 saturated heterocycles. The lowest BCUT2D eigenvalue weighted by Crippen LogP contribution is -2.01. The Kier molecular flexibility index (Phi) is 7.46. The molecule has 0 nitrogen and oxygen atoms in total. The molecule has 11 aromatic rings. The Morgan fingerprint density at radius 1 is 0.293 bits per heavy atom. The summed E-state index contributed by atoms with van der Waals surface area (Å²) >= 11 is 0. The molecule has 1 aliphatic carbocycles. The second-order valence-corrected chi connectivity index (χ2v) is 15.9. The molecule has 0 fully saturated rings. The van der Waals surface area contributed by atoms with E-state index >= 15 is 0 Å². The van der Waals surface area contributed by atoms with E-state index in [-0.39, 0.29) is 0 Å². The molecule has 1 aliphatic rings. The number of fused-ring (bicyclic) bond motifs is 8. The maximum atomic E-state index is 2.50. The van der Waals surface area contributed by atoms with Crippen LogP contribution >= 0.6 is 0 Å². The predicted octanol–water partition coefficient (Wildman–Crippen LogP) is 16.2. The van der Waals surface area contributed by atoms with Gasteiger partial charge in [0.05, 0.1) is 0 Å². The largest absolute Gasteiger partial charge is 0.0836 e. The number of hydrogen-bond donors (Lipinski definition) is 0. The Bertz CT molecular complexity index is 3500. The quantitative estimate of drug-likeness (QED) is 0.158. The van der Waals surface area contributed by atoms with Gasteiger partial charge in [-0.3, -0.25) is 0 Å². The highest BCUT2D eigenvalue weighted by Gasteiger charge is 2.23. The van der Waals surface area contributed by atoms with Crippen LogP contribution in [0.25, 0.3) is 115 Å². The third-order valence-electron chi connectivity index (χ3n) is 12.7. The van der Waals surface area contributed by atoms with E-state index in [1.807, 2.05) is 0 Å². The molecule has 11 aromatic carbocycles. The van der Waals surface area contributed by atoms with Crippen molar-refractivity contribution in [1.29, 1.82) is 0 Å². The molecule has 0 amide bonds. The summed E-state index contributed by atoms with van der Waals surface area (Å²) in [6, 6.07) is 72.7. The van der Waals surface area contributed by atoms with Crippen molar-refractivity contribution in [2.24, 2.45) is 0 Å². The van der Waals surface area contributed by atoms with Crippen molar-refractivity contribution in [1.82, 2.24) is 0 Å².